The number of amides is 2. The van der Waals surface area contributed by atoms with Crippen LogP contribution in [0.3, 0.4) is 0 Å². The van der Waals surface area contributed by atoms with Crippen LogP contribution >= 0.6 is 11.8 Å². The van der Waals surface area contributed by atoms with Crippen molar-refractivity contribution < 1.29 is 9.72 Å². The van der Waals surface area contributed by atoms with E-state index in [4.69, 9.17) is 0 Å². The van der Waals surface area contributed by atoms with Gasteiger partial charge in [-0.15, -0.1) is 0 Å². The van der Waals surface area contributed by atoms with Crippen LogP contribution in [0.4, 0.5) is 10.5 Å². The number of hydrogen-bond acceptors (Lipinski definition) is 4. The van der Waals surface area contributed by atoms with Gasteiger partial charge < -0.3 is 10.2 Å². The Morgan fingerprint density at radius 3 is 2.65 bits per heavy atom. The van der Waals surface area contributed by atoms with E-state index in [1.807, 2.05) is 23.7 Å². The SMILES string of the molecule is CS[C@H]1CC[C@@H](N(C)C(=O)NCCc2ccc([N+](=O)[O-])cc2)C1. The molecule has 1 aromatic carbocycles. The van der Waals surface area contributed by atoms with Crippen LogP contribution in [0, 0.1) is 10.1 Å². The molecule has 7 heteroatoms. The van der Waals surface area contributed by atoms with E-state index in [2.05, 4.69) is 11.6 Å². The molecule has 1 fully saturated rings. The molecule has 1 aliphatic rings. The van der Waals surface area contributed by atoms with E-state index in [0.717, 1.165) is 18.4 Å². The van der Waals surface area contributed by atoms with Gasteiger partial charge in [-0.25, -0.2) is 4.79 Å². The topological polar surface area (TPSA) is 75.5 Å². The summed E-state index contributed by atoms with van der Waals surface area (Å²) < 4.78 is 0. The lowest BCUT2D eigenvalue weighted by Crippen LogP contribution is -2.43. The van der Waals surface area contributed by atoms with Gasteiger partial charge in [-0.05, 0) is 37.5 Å². The zero-order valence-electron chi connectivity index (χ0n) is 13.5. The molecule has 0 aromatic heterocycles. The van der Waals surface area contributed by atoms with Gasteiger partial charge >= 0.3 is 6.03 Å². The number of nitro groups is 1. The Balaban J connectivity index is 1.75. The summed E-state index contributed by atoms with van der Waals surface area (Å²) >= 11 is 1.88. The van der Waals surface area contributed by atoms with Crippen molar-refractivity contribution in [3.8, 4) is 0 Å². The number of carbonyl (C=O) groups excluding carboxylic acids is 1. The molecular formula is C16H23N3O3S. The van der Waals surface area contributed by atoms with Gasteiger partial charge in [0.15, 0.2) is 0 Å². The van der Waals surface area contributed by atoms with Crippen molar-refractivity contribution in [1.82, 2.24) is 10.2 Å². The number of urea groups is 1. The summed E-state index contributed by atoms with van der Waals surface area (Å²) in [5.41, 5.74) is 1.06. The Bertz CT molecular complexity index is 550. The summed E-state index contributed by atoms with van der Waals surface area (Å²) in [6.45, 7) is 0.527. The van der Waals surface area contributed by atoms with Crippen molar-refractivity contribution in [2.45, 2.75) is 37.0 Å². The number of nitrogens with one attached hydrogen (secondary N) is 1. The average molecular weight is 337 g/mol. The smallest absolute Gasteiger partial charge is 0.317 e. The molecule has 1 N–H and O–H groups in total. The number of benzene rings is 1. The van der Waals surface area contributed by atoms with Crippen molar-refractivity contribution in [2.24, 2.45) is 0 Å². The van der Waals surface area contributed by atoms with Gasteiger partial charge in [-0.3, -0.25) is 10.1 Å². The van der Waals surface area contributed by atoms with Crippen LogP contribution in [-0.4, -0.2) is 47.0 Å². The van der Waals surface area contributed by atoms with Gasteiger partial charge in [0.2, 0.25) is 0 Å². The quantitative estimate of drug-likeness (QED) is 0.639. The lowest BCUT2D eigenvalue weighted by atomic mass is 10.1. The van der Waals surface area contributed by atoms with Gasteiger partial charge in [-0.2, -0.15) is 11.8 Å². The molecule has 2 amide bonds. The Kier molecular flexibility index (Phi) is 6.27. The zero-order chi connectivity index (χ0) is 16.8. The molecule has 0 unspecified atom stereocenters. The summed E-state index contributed by atoms with van der Waals surface area (Å²) in [6, 6.07) is 6.72. The summed E-state index contributed by atoms with van der Waals surface area (Å²) in [5, 5.41) is 14.2. The Hall–Kier alpha value is -1.76. The van der Waals surface area contributed by atoms with Crippen molar-refractivity contribution in [3.63, 3.8) is 0 Å². The Morgan fingerprint density at radius 2 is 2.09 bits per heavy atom. The number of rotatable bonds is 6. The van der Waals surface area contributed by atoms with E-state index < -0.39 is 4.92 Å². The molecule has 0 aliphatic heterocycles. The maximum absolute atomic E-state index is 12.2. The van der Waals surface area contributed by atoms with E-state index in [1.54, 1.807) is 12.1 Å². The van der Waals surface area contributed by atoms with Crippen LogP contribution < -0.4 is 5.32 Å². The third-order valence-corrected chi connectivity index (χ3v) is 5.49. The first kappa shape index (κ1) is 17.6. The van der Waals surface area contributed by atoms with Gasteiger partial charge in [0.05, 0.1) is 4.92 Å². The van der Waals surface area contributed by atoms with E-state index in [1.165, 1.54) is 18.6 Å². The first-order valence-electron chi connectivity index (χ1n) is 7.78. The number of nitrogens with zero attached hydrogens (tertiary/aromatic N) is 2. The van der Waals surface area contributed by atoms with Crippen LogP contribution in [0.5, 0.6) is 0 Å². The molecule has 0 spiro atoms. The number of nitro benzene ring substituents is 1. The molecule has 0 heterocycles. The highest BCUT2D eigenvalue weighted by Gasteiger charge is 2.29. The molecule has 2 atom stereocenters. The Morgan fingerprint density at radius 1 is 1.39 bits per heavy atom. The average Bonchev–Trinajstić information content (AvgIpc) is 3.03. The van der Waals surface area contributed by atoms with E-state index in [-0.39, 0.29) is 11.7 Å². The molecule has 6 nitrogen and oxygen atoms in total. The first-order valence-corrected chi connectivity index (χ1v) is 9.07. The van der Waals surface area contributed by atoms with Crippen molar-refractivity contribution >= 4 is 23.5 Å². The van der Waals surface area contributed by atoms with Crippen LogP contribution in [0.1, 0.15) is 24.8 Å². The molecule has 0 saturated heterocycles. The largest absolute Gasteiger partial charge is 0.338 e. The summed E-state index contributed by atoms with van der Waals surface area (Å²) in [6.07, 6.45) is 6.09. The second-order valence-corrected chi connectivity index (χ2v) is 6.98. The highest BCUT2D eigenvalue weighted by molar-refractivity contribution is 7.99. The zero-order valence-corrected chi connectivity index (χ0v) is 14.3. The minimum Gasteiger partial charge on any atom is -0.338 e. The molecule has 1 aromatic rings. The van der Waals surface area contributed by atoms with E-state index in [9.17, 15) is 14.9 Å². The highest BCUT2D eigenvalue weighted by atomic mass is 32.2. The van der Waals surface area contributed by atoms with Crippen molar-refractivity contribution in [2.75, 3.05) is 19.8 Å². The first-order chi connectivity index (χ1) is 11.0. The summed E-state index contributed by atoms with van der Waals surface area (Å²) in [4.78, 5) is 24.2. The summed E-state index contributed by atoms with van der Waals surface area (Å²) in [7, 11) is 1.86. The van der Waals surface area contributed by atoms with Gasteiger partial charge in [0.1, 0.15) is 0 Å². The number of hydrogen-bond donors (Lipinski definition) is 1. The number of thioether (sulfide) groups is 1. The predicted molar refractivity (Wildman–Crippen MR) is 92.9 cm³/mol. The van der Waals surface area contributed by atoms with Gasteiger partial charge in [0.25, 0.3) is 5.69 Å². The van der Waals surface area contributed by atoms with Crippen LogP contribution in [0.15, 0.2) is 24.3 Å². The fourth-order valence-corrected chi connectivity index (χ4v) is 3.66. The van der Waals surface area contributed by atoms with Crippen molar-refractivity contribution in [3.05, 3.63) is 39.9 Å². The standard InChI is InChI=1S/C16H23N3O3S/c1-18(14-7-8-15(11-14)23-2)16(20)17-10-9-12-3-5-13(6-4-12)19(21)22/h3-6,14-15H,7-11H2,1-2H3,(H,17,20)/t14-,15+/m1/s1. The molecule has 2 rings (SSSR count). The molecule has 1 saturated carbocycles. The maximum Gasteiger partial charge on any atom is 0.317 e. The molecule has 1 aliphatic carbocycles. The Labute approximate surface area is 140 Å². The van der Waals surface area contributed by atoms with E-state index in [0.29, 0.717) is 24.3 Å². The highest BCUT2D eigenvalue weighted by Crippen LogP contribution is 2.30. The van der Waals surface area contributed by atoms with Gasteiger partial charge in [0, 0.05) is 37.0 Å². The molecule has 0 bridgehead atoms. The maximum atomic E-state index is 12.2. The summed E-state index contributed by atoms with van der Waals surface area (Å²) in [5.74, 6) is 0. The lowest BCUT2D eigenvalue weighted by Gasteiger charge is -2.25. The molecule has 23 heavy (non-hydrogen) atoms. The monoisotopic (exact) mass is 337 g/mol. The third-order valence-electron chi connectivity index (χ3n) is 4.40. The number of non-ortho nitro benzene ring substituents is 1. The van der Waals surface area contributed by atoms with Gasteiger partial charge in [-0.1, -0.05) is 12.1 Å². The fraction of sp³-hybridized carbons (Fsp3) is 0.562. The normalized spacial score (nSPS) is 20.3. The minimum atomic E-state index is -0.413. The molecule has 0 radical (unpaired) electrons. The predicted octanol–water partition coefficient (Wildman–Crippen LogP) is 3.06. The minimum absolute atomic E-state index is 0.0429. The number of carbonyl (C=O) groups is 1. The fourth-order valence-electron chi connectivity index (χ4n) is 2.87. The second-order valence-electron chi connectivity index (χ2n) is 5.84. The third kappa shape index (κ3) is 4.86. The lowest BCUT2D eigenvalue weighted by molar-refractivity contribution is -0.384. The van der Waals surface area contributed by atoms with E-state index >= 15 is 0 Å². The molecular weight excluding hydrogens is 314 g/mol. The van der Waals surface area contributed by atoms with Crippen LogP contribution in [0.2, 0.25) is 0 Å². The van der Waals surface area contributed by atoms with Crippen LogP contribution in [-0.2, 0) is 6.42 Å². The van der Waals surface area contributed by atoms with Crippen molar-refractivity contribution in [1.29, 1.82) is 0 Å². The molecule has 126 valence electrons. The second kappa shape index (κ2) is 8.19. The van der Waals surface area contributed by atoms with Crippen LogP contribution in [0.25, 0.3) is 0 Å².